The van der Waals surface area contributed by atoms with Crippen molar-refractivity contribution in [3.63, 3.8) is 0 Å². The average molecular weight is 281 g/mol. The van der Waals surface area contributed by atoms with E-state index in [0.29, 0.717) is 13.2 Å². The van der Waals surface area contributed by atoms with E-state index >= 15 is 0 Å². The molecule has 1 aliphatic rings. The molecule has 1 saturated carbocycles. The van der Waals surface area contributed by atoms with Crippen molar-refractivity contribution in [2.45, 2.75) is 52.1 Å². The Kier molecular flexibility index (Phi) is 6.39. The predicted octanol–water partition coefficient (Wildman–Crippen LogP) is 1.63. The van der Waals surface area contributed by atoms with Gasteiger partial charge in [-0.25, -0.2) is 4.68 Å². The van der Waals surface area contributed by atoms with E-state index in [0.717, 1.165) is 30.7 Å². The lowest BCUT2D eigenvalue weighted by atomic mass is 9.81. The van der Waals surface area contributed by atoms with Crippen LogP contribution >= 0.6 is 0 Å². The molecule has 1 N–H and O–H groups in total. The highest BCUT2D eigenvalue weighted by molar-refractivity contribution is 4.80. The second-order valence-electron chi connectivity index (χ2n) is 5.90. The molecule has 0 aromatic carbocycles. The van der Waals surface area contributed by atoms with Gasteiger partial charge < -0.3 is 10.1 Å². The zero-order chi connectivity index (χ0) is 14.2. The van der Waals surface area contributed by atoms with Crippen LogP contribution in [-0.2, 0) is 17.8 Å². The Balaban J connectivity index is 1.71. The van der Waals surface area contributed by atoms with Gasteiger partial charge in [0.25, 0.3) is 0 Å². The summed E-state index contributed by atoms with van der Waals surface area (Å²) in [6, 6.07) is 0. The molecule has 6 nitrogen and oxygen atoms in total. The molecule has 1 aliphatic carbocycles. The molecule has 20 heavy (non-hydrogen) atoms. The lowest BCUT2D eigenvalue weighted by Gasteiger charge is -2.25. The van der Waals surface area contributed by atoms with E-state index in [1.54, 1.807) is 7.11 Å². The highest BCUT2D eigenvalue weighted by Crippen LogP contribution is 2.30. The van der Waals surface area contributed by atoms with Gasteiger partial charge >= 0.3 is 0 Å². The van der Waals surface area contributed by atoms with Crippen LogP contribution in [0.15, 0.2) is 0 Å². The first-order valence-corrected chi connectivity index (χ1v) is 7.74. The number of tetrazole rings is 1. The summed E-state index contributed by atoms with van der Waals surface area (Å²) in [6.07, 6.45) is 6.69. The second-order valence-corrected chi connectivity index (χ2v) is 5.90. The van der Waals surface area contributed by atoms with Gasteiger partial charge in [0, 0.05) is 20.2 Å². The topological polar surface area (TPSA) is 64.9 Å². The third-order valence-electron chi connectivity index (χ3n) is 4.26. The Morgan fingerprint density at radius 2 is 2.10 bits per heavy atom. The van der Waals surface area contributed by atoms with Crippen LogP contribution in [-0.4, -0.2) is 40.5 Å². The minimum absolute atomic E-state index is 0.706. The number of ether oxygens (including phenoxy) is 1. The van der Waals surface area contributed by atoms with Gasteiger partial charge in [0.1, 0.15) is 0 Å². The minimum Gasteiger partial charge on any atom is -0.383 e. The van der Waals surface area contributed by atoms with Gasteiger partial charge in [-0.3, -0.25) is 0 Å². The van der Waals surface area contributed by atoms with Crippen LogP contribution in [0.3, 0.4) is 0 Å². The second kappa shape index (κ2) is 8.32. The van der Waals surface area contributed by atoms with Crippen LogP contribution in [0, 0.1) is 11.8 Å². The van der Waals surface area contributed by atoms with Gasteiger partial charge in [-0.15, -0.1) is 5.10 Å². The molecule has 1 fully saturated rings. The number of aromatic nitrogens is 4. The Morgan fingerprint density at radius 1 is 1.30 bits per heavy atom. The van der Waals surface area contributed by atoms with Gasteiger partial charge in [0.2, 0.25) is 0 Å². The Morgan fingerprint density at radius 3 is 2.85 bits per heavy atom. The molecule has 114 valence electrons. The maximum atomic E-state index is 5.01. The Labute approximate surface area is 121 Å². The summed E-state index contributed by atoms with van der Waals surface area (Å²) in [4.78, 5) is 0. The fraction of sp³-hybridized carbons (Fsp3) is 0.929. The van der Waals surface area contributed by atoms with E-state index in [1.807, 2.05) is 4.68 Å². The first kappa shape index (κ1) is 15.4. The van der Waals surface area contributed by atoms with E-state index in [4.69, 9.17) is 4.74 Å². The third kappa shape index (κ3) is 4.83. The van der Waals surface area contributed by atoms with Crippen molar-refractivity contribution >= 4 is 0 Å². The van der Waals surface area contributed by atoms with Crippen LogP contribution in [0.5, 0.6) is 0 Å². The maximum absolute atomic E-state index is 5.01. The van der Waals surface area contributed by atoms with E-state index in [2.05, 4.69) is 27.8 Å². The number of nitrogens with zero attached hydrogens (tertiary/aromatic N) is 4. The molecule has 0 radical (unpaired) electrons. The van der Waals surface area contributed by atoms with Gasteiger partial charge in [0.05, 0.1) is 13.2 Å². The molecular weight excluding hydrogens is 254 g/mol. The number of nitrogens with one attached hydrogen (secondary N) is 1. The monoisotopic (exact) mass is 281 g/mol. The molecule has 0 spiro atoms. The van der Waals surface area contributed by atoms with Crippen LogP contribution in [0.2, 0.25) is 0 Å². The molecule has 1 heterocycles. The average Bonchev–Trinajstić information content (AvgIpc) is 2.90. The summed E-state index contributed by atoms with van der Waals surface area (Å²) < 4.78 is 6.95. The number of methoxy groups -OCH3 is 1. The fourth-order valence-electron chi connectivity index (χ4n) is 2.82. The summed E-state index contributed by atoms with van der Waals surface area (Å²) in [5.74, 6) is 2.69. The van der Waals surface area contributed by atoms with Crippen molar-refractivity contribution in [3.05, 3.63) is 5.82 Å². The number of aryl methyl sites for hydroxylation is 1. The van der Waals surface area contributed by atoms with Gasteiger partial charge in [-0.05, 0) is 28.7 Å². The van der Waals surface area contributed by atoms with Gasteiger partial charge in [-0.2, -0.15) is 0 Å². The highest BCUT2D eigenvalue weighted by Gasteiger charge is 2.18. The smallest absolute Gasteiger partial charge is 0.165 e. The molecule has 0 aliphatic heterocycles. The number of hydrogen-bond donors (Lipinski definition) is 1. The van der Waals surface area contributed by atoms with Crippen molar-refractivity contribution in [2.75, 3.05) is 20.3 Å². The fourth-order valence-corrected chi connectivity index (χ4v) is 2.82. The molecule has 0 amide bonds. The SMILES string of the molecule is COCCNCc1nnnn1CCC1CCC(C)CC1. The summed E-state index contributed by atoms with van der Waals surface area (Å²) >= 11 is 0. The summed E-state index contributed by atoms with van der Waals surface area (Å²) in [6.45, 7) is 5.54. The first-order chi connectivity index (χ1) is 9.79. The van der Waals surface area contributed by atoms with E-state index in [1.165, 1.54) is 32.1 Å². The van der Waals surface area contributed by atoms with Crippen LogP contribution < -0.4 is 5.32 Å². The molecular formula is C14H27N5O. The third-order valence-corrected chi connectivity index (χ3v) is 4.26. The van der Waals surface area contributed by atoms with Crippen molar-refractivity contribution < 1.29 is 4.74 Å². The van der Waals surface area contributed by atoms with E-state index in [9.17, 15) is 0 Å². The molecule has 0 saturated heterocycles. The van der Waals surface area contributed by atoms with E-state index in [-0.39, 0.29) is 0 Å². The zero-order valence-electron chi connectivity index (χ0n) is 12.7. The van der Waals surface area contributed by atoms with E-state index < -0.39 is 0 Å². The van der Waals surface area contributed by atoms with Crippen LogP contribution in [0.25, 0.3) is 0 Å². The largest absolute Gasteiger partial charge is 0.383 e. The summed E-state index contributed by atoms with van der Waals surface area (Å²) in [5.41, 5.74) is 0. The van der Waals surface area contributed by atoms with Crippen molar-refractivity contribution in [2.24, 2.45) is 11.8 Å². The summed E-state index contributed by atoms with van der Waals surface area (Å²) in [5, 5.41) is 15.3. The minimum atomic E-state index is 0.706. The van der Waals surface area contributed by atoms with Crippen LogP contribution in [0.1, 0.15) is 44.9 Å². The lowest BCUT2D eigenvalue weighted by Crippen LogP contribution is -2.22. The molecule has 1 aromatic rings. The first-order valence-electron chi connectivity index (χ1n) is 7.74. The standard InChI is InChI=1S/C14H27N5O/c1-12-3-5-13(6-4-12)7-9-19-14(16-17-18-19)11-15-8-10-20-2/h12-13,15H,3-11H2,1-2H3. The van der Waals surface area contributed by atoms with Crippen LogP contribution in [0.4, 0.5) is 0 Å². The van der Waals surface area contributed by atoms with Gasteiger partial charge in [-0.1, -0.05) is 32.6 Å². The number of hydrogen-bond acceptors (Lipinski definition) is 5. The molecule has 1 aromatic heterocycles. The quantitative estimate of drug-likeness (QED) is 0.734. The van der Waals surface area contributed by atoms with Gasteiger partial charge in [0.15, 0.2) is 5.82 Å². The maximum Gasteiger partial charge on any atom is 0.165 e. The van der Waals surface area contributed by atoms with Crippen molar-refractivity contribution in [1.82, 2.24) is 25.5 Å². The molecule has 2 rings (SSSR count). The lowest BCUT2D eigenvalue weighted by molar-refractivity contribution is 0.198. The summed E-state index contributed by atoms with van der Waals surface area (Å²) in [7, 11) is 1.71. The zero-order valence-corrected chi connectivity index (χ0v) is 12.7. The molecule has 6 heteroatoms. The predicted molar refractivity (Wildman–Crippen MR) is 77.1 cm³/mol. The molecule has 0 unspecified atom stereocenters. The Hall–Kier alpha value is -1.01. The van der Waals surface area contributed by atoms with Crippen molar-refractivity contribution in [3.8, 4) is 0 Å². The normalized spacial score (nSPS) is 23.1. The highest BCUT2D eigenvalue weighted by atomic mass is 16.5. The Bertz CT molecular complexity index is 373. The molecule has 0 atom stereocenters. The van der Waals surface area contributed by atoms with Crippen molar-refractivity contribution in [1.29, 1.82) is 0 Å². The molecule has 0 bridgehead atoms. The number of rotatable bonds is 8.